The fourth-order valence-corrected chi connectivity index (χ4v) is 2.50. The van der Waals surface area contributed by atoms with Gasteiger partial charge in [0.05, 0.1) is 0 Å². The maximum atomic E-state index is 9.04. The second kappa shape index (κ2) is 2.51. The van der Waals surface area contributed by atoms with Crippen molar-refractivity contribution < 1.29 is 5.11 Å². The monoisotopic (exact) mass is 141 g/mol. The molecule has 1 saturated heterocycles. The summed E-state index contributed by atoms with van der Waals surface area (Å²) in [5.41, 5.74) is 0. The first kappa shape index (κ1) is 6.62. The van der Waals surface area contributed by atoms with E-state index in [1.54, 1.807) is 0 Å². The molecule has 2 N–H and O–H groups in total. The van der Waals surface area contributed by atoms with Gasteiger partial charge >= 0.3 is 0 Å². The maximum Gasteiger partial charge on any atom is 0.0465 e. The third-order valence-corrected chi connectivity index (χ3v) is 3.14. The smallest absolute Gasteiger partial charge is 0.0465 e. The molecule has 2 atom stereocenters. The molecule has 0 radical (unpaired) electrons. The second-order valence-electron chi connectivity index (χ2n) is 3.60. The number of rotatable bonds is 1. The van der Waals surface area contributed by atoms with Crippen molar-refractivity contribution in [3.8, 4) is 0 Å². The maximum absolute atomic E-state index is 9.04. The summed E-state index contributed by atoms with van der Waals surface area (Å²) in [4.78, 5) is 0. The minimum Gasteiger partial charge on any atom is -0.396 e. The highest BCUT2D eigenvalue weighted by molar-refractivity contribution is 4.90. The van der Waals surface area contributed by atoms with Crippen molar-refractivity contribution in [1.82, 2.24) is 5.32 Å². The molecule has 58 valence electrons. The lowest BCUT2D eigenvalue weighted by atomic mass is 9.87. The Bertz CT molecular complexity index is 110. The van der Waals surface area contributed by atoms with Gasteiger partial charge in [-0.15, -0.1) is 0 Å². The molecule has 2 heteroatoms. The Morgan fingerprint density at radius 2 is 1.80 bits per heavy atom. The van der Waals surface area contributed by atoms with Gasteiger partial charge < -0.3 is 10.4 Å². The van der Waals surface area contributed by atoms with E-state index in [4.69, 9.17) is 5.11 Å². The van der Waals surface area contributed by atoms with E-state index in [0.29, 0.717) is 12.5 Å². The van der Waals surface area contributed by atoms with Crippen molar-refractivity contribution in [2.24, 2.45) is 17.8 Å². The van der Waals surface area contributed by atoms with Crippen LogP contribution in [0.2, 0.25) is 0 Å². The van der Waals surface area contributed by atoms with Crippen LogP contribution in [-0.2, 0) is 0 Å². The second-order valence-corrected chi connectivity index (χ2v) is 3.60. The van der Waals surface area contributed by atoms with Crippen molar-refractivity contribution in [3.63, 3.8) is 0 Å². The van der Waals surface area contributed by atoms with E-state index in [2.05, 4.69) is 5.32 Å². The van der Waals surface area contributed by atoms with Gasteiger partial charge in [-0.2, -0.15) is 0 Å². The lowest BCUT2D eigenvalue weighted by Gasteiger charge is -2.28. The third kappa shape index (κ3) is 0.867. The zero-order chi connectivity index (χ0) is 6.97. The van der Waals surface area contributed by atoms with E-state index in [1.165, 1.54) is 12.8 Å². The summed E-state index contributed by atoms with van der Waals surface area (Å²) in [5, 5.41) is 12.4. The van der Waals surface area contributed by atoms with Gasteiger partial charge in [-0.1, -0.05) is 0 Å². The van der Waals surface area contributed by atoms with Gasteiger partial charge in [0, 0.05) is 6.61 Å². The molecule has 1 aliphatic heterocycles. The molecule has 10 heavy (non-hydrogen) atoms. The van der Waals surface area contributed by atoms with Crippen molar-refractivity contribution >= 4 is 0 Å². The van der Waals surface area contributed by atoms with Crippen molar-refractivity contribution in [2.45, 2.75) is 12.8 Å². The Morgan fingerprint density at radius 1 is 1.20 bits per heavy atom. The van der Waals surface area contributed by atoms with E-state index < -0.39 is 0 Å². The molecule has 2 unspecified atom stereocenters. The lowest BCUT2D eigenvalue weighted by molar-refractivity contribution is 0.136. The Hall–Kier alpha value is -0.0800. The normalized spacial score (nSPS) is 45.9. The Labute approximate surface area is 61.6 Å². The minimum atomic E-state index is 0.414. The topological polar surface area (TPSA) is 32.3 Å². The zero-order valence-electron chi connectivity index (χ0n) is 6.21. The Balaban J connectivity index is 2.06. The molecule has 2 aliphatic rings. The molecular weight excluding hydrogens is 126 g/mol. The largest absolute Gasteiger partial charge is 0.396 e. The molecule has 0 aromatic rings. The van der Waals surface area contributed by atoms with Crippen LogP contribution >= 0.6 is 0 Å². The average Bonchev–Trinajstić information content (AvgIpc) is 2.19. The number of piperidine rings is 1. The van der Waals surface area contributed by atoms with Gasteiger partial charge in [-0.3, -0.25) is 0 Å². The fourth-order valence-electron chi connectivity index (χ4n) is 2.50. The first-order valence-corrected chi connectivity index (χ1v) is 4.23. The predicted molar refractivity (Wildman–Crippen MR) is 39.7 cm³/mol. The van der Waals surface area contributed by atoms with Crippen molar-refractivity contribution in [2.75, 3.05) is 19.7 Å². The summed E-state index contributed by atoms with van der Waals surface area (Å²) in [6.45, 7) is 2.69. The van der Waals surface area contributed by atoms with Gasteiger partial charge in [-0.05, 0) is 43.7 Å². The van der Waals surface area contributed by atoms with Crippen LogP contribution < -0.4 is 5.32 Å². The number of hydrogen-bond donors (Lipinski definition) is 2. The van der Waals surface area contributed by atoms with Crippen LogP contribution in [-0.4, -0.2) is 24.8 Å². The zero-order valence-corrected chi connectivity index (χ0v) is 6.21. The number of nitrogens with one attached hydrogen (secondary N) is 1. The molecule has 2 nitrogen and oxygen atoms in total. The van der Waals surface area contributed by atoms with Gasteiger partial charge in [-0.25, -0.2) is 0 Å². The highest BCUT2D eigenvalue weighted by atomic mass is 16.3. The summed E-state index contributed by atoms with van der Waals surface area (Å²) in [5.74, 6) is 2.19. The van der Waals surface area contributed by atoms with Gasteiger partial charge in [0.25, 0.3) is 0 Å². The first-order valence-electron chi connectivity index (χ1n) is 4.23. The van der Waals surface area contributed by atoms with E-state index in [1.807, 2.05) is 0 Å². The molecule has 0 aromatic heterocycles. The highest BCUT2D eigenvalue weighted by Crippen LogP contribution is 2.38. The molecule has 0 amide bonds. The molecule has 1 heterocycles. The average molecular weight is 141 g/mol. The van der Waals surface area contributed by atoms with Crippen LogP contribution in [0, 0.1) is 17.8 Å². The summed E-state index contributed by atoms with van der Waals surface area (Å²) in [6.07, 6.45) is 2.67. The predicted octanol–water partition coefficient (Wildman–Crippen LogP) is 0.224. The highest BCUT2D eigenvalue weighted by Gasteiger charge is 2.37. The number of hydrogen-bond acceptors (Lipinski definition) is 2. The third-order valence-electron chi connectivity index (χ3n) is 3.14. The quantitative estimate of drug-likeness (QED) is 0.547. The first-order chi connectivity index (χ1) is 4.92. The summed E-state index contributed by atoms with van der Waals surface area (Å²) >= 11 is 0. The van der Waals surface area contributed by atoms with E-state index in [0.717, 1.165) is 24.9 Å². The van der Waals surface area contributed by atoms with Crippen LogP contribution in [0.25, 0.3) is 0 Å². The summed E-state index contributed by atoms with van der Waals surface area (Å²) in [6, 6.07) is 0. The number of fused-ring (bicyclic) bond motifs is 2. The number of aliphatic hydroxyl groups is 1. The molecule has 1 saturated carbocycles. The number of aliphatic hydroxyl groups excluding tert-OH is 1. The van der Waals surface area contributed by atoms with Crippen LogP contribution in [0.15, 0.2) is 0 Å². The SMILES string of the molecule is OCC1C2CCC1CNC2. The molecule has 0 aromatic carbocycles. The van der Waals surface area contributed by atoms with E-state index in [-0.39, 0.29) is 0 Å². The molecule has 2 fully saturated rings. The van der Waals surface area contributed by atoms with Crippen LogP contribution in [0.4, 0.5) is 0 Å². The molecular formula is C8H15NO. The van der Waals surface area contributed by atoms with Crippen LogP contribution in [0.5, 0.6) is 0 Å². The Kier molecular flexibility index (Phi) is 1.66. The molecule has 2 rings (SSSR count). The van der Waals surface area contributed by atoms with E-state index >= 15 is 0 Å². The summed E-state index contributed by atoms with van der Waals surface area (Å²) < 4.78 is 0. The minimum absolute atomic E-state index is 0.414. The van der Waals surface area contributed by atoms with Gasteiger partial charge in [0.15, 0.2) is 0 Å². The summed E-state index contributed by atoms with van der Waals surface area (Å²) in [7, 11) is 0. The standard InChI is InChI=1S/C8H15NO/c10-5-8-6-1-2-7(8)4-9-3-6/h6-10H,1-5H2. The van der Waals surface area contributed by atoms with Gasteiger partial charge in [0.1, 0.15) is 0 Å². The Morgan fingerprint density at radius 3 is 2.20 bits per heavy atom. The fraction of sp³-hybridized carbons (Fsp3) is 1.00. The van der Waals surface area contributed by atoms with E-state index in [9.17, 15) is 0 Å². The van der Waals surface area contributed by atoms with Crippen molar-refractivity contribution in [3.05, 3.63) is 0 Å². The van der Waals surface area contributed by atoms with Crippen LogP contribution in [0.1, 0.15) is 12.8 Å². The van der Waals surface area contributed by atoms with Crippen molar-refractivity contribution in [1.29, 1.82) is 0 Å². The van der Waals surface area contributed by atoms with Gasteiger partial charge in [0.2, 0.25) is 0 Å². The molecule has 2 bridgehead atoms. The lowest BCUT2D eigenvalue weighted by Crippen LogP contribution is -2.39. The van der Waals surface area contributed by atoms with Crippen LogP contribution in [0.3, 0.4) is 0 Å². The molecule has 0 spiro atoms. The molecule has 1 aliphatic carbocycles.